The highest BCUT2D eigenvalue weighted by Gasteiger charge is 2.43. The van der Waals surface area contributed by atoms with Gasteiger partial charge in [-0.15, -0.1) is 0 Å². The lowest BCUT2D eigenvalue weighted by molar-refractivity contribution is -0.119. The van der Waals surface area contributed by atoms with Crippen molar-refractivity contribution >= 4 is 5.78 Å². The van der Waals surface area contributed by atoms with E-state index in [9.17, 15) is 4.79 Å². The molecular formula is C13H20O3. The van der Waals surface area contributed by atoms with E-state index in [0.29, 0.717) is 17.6 Å². The Morgan fingerprint density at radius 2 is 2.12 bits per heavy atom. The summed E-state index contributed by atoms with van der Waals surface area (Å²) in [6.07, 6.45) is 6.04. The predicted octanol–water partition coefficient (Wildman–Crippen LogP) is 1.94. The third-order valence-electron chi connectivity index (χ3n) is 4.55. The molecule has 0 aromatic heterocycles. The minimum atomic E-state index is 0.00849. The molecule has 0 N–H and O–H groups in total. The Balaban J connectivity index is 1.65. The Morgan fingerprint density at radius 3 is 2.81 bits per heavy atom. The summed E-state index contributed by atoms with van der Waals surface area (Å²) in [5.41, 5.74) is 0.00849. The van der Waals surface area contributed by atoms with Crippen molar-refractivity contribution in [2.75, 3.05) is 19.8 Å². The van der Waals surface area contributed by atoms with E-state index in [4.69, 9.17) is 9.47 Å². The van der Waals surface area contributed by atoms with Gasteiger partial charge in [0.15, 0.2) is 0 Å². The summed E-state index contributed by atoms with van der Waals surface area (Å²) in [5, 5.41) is 0. The molecule has 0 amide bonds. The van der Waals surface area contributed by atoms with Gasteiger partial charge in [-0.25, -0.2) is 0 Å². The van der Waals surface area contributed by atoms with E-state index in [1.165, 1.54) is 0 Å². The number of ketones is 1. The van der Waals surface area contributed by atoms with Gasteiger partial charge in [-0.05, 0) is 31.1 Å². The van der Waals surface area contributed by atoms with E-state index in [2.05, 4.69) is 0 Å². The molecule has 0 aromatic rings. The molecule has 0 bridgehead atoms. The van der Waals surface area contributed by atoms with Crippen molar-refractivity contribution in [3.63, 3.8) is 0 Å². The molecule has 1 aliphatic carbocycles. The highest BCUT2D eigenvalue weighted by molar-refractivity contribution is 5.80. The zero-order valence-corrected chi connectivity index (χ0v) is 9.74. The zero-order valence-electron chi connectivity index (χ0n) is 9.74. The monoisotopic (exact) mass is 224 g/mol. The van der Waals surface area contributed by atoms with Gasteiger partial charge in [0.25, 0.3) is 0 Å². The van der Waals surface area contributed by atoms with Crippen molar-refractivity contribution in [2.24, 2.45) is 11.8 Å². The fourth-order valence-corrected chi connectivity index (χ4v) is 3.58. The van der Waals surface area contributed by atoms with Crippen LogP contribution in [0.5, 0.6) is 0 Å². The summed E-state index contributed by atoms with van der Waals surface area (Å²) in [6, 6.07) is 0. The highest BCUT2D eigenvalue weighted by atomic mass is 16.6. The molecule has 2 aliphatic heterocycles. The fraction of sp³-hybridized carbons (Fsp3) is 0.923. The van der Waals surface area contributed by atoms with E-state index >= 15 is 0 Å². The van der Waals surface area contributed by atoms with Gasteiger partial charge < -0.3 is 9.47 Å². The molecule has 1 spiro atoms. The lowest BCUT2D eigenvalue weighted by atomic mass is 9.77. The minimum absolute atomic E-state index is 0.00849. The molecule has 3 atom stereocenters. The molecular weight excluding hydrogens is 204 g/mol. The molecule has 3 heteroatoms. The lowest BCUT2D eigenvalue weighted by Crippen LogP contribution is -2.42. The van der Waals surface area contributed by atoms with E-state index in [0.717, 1.165) is 58.3 Å². The Morgan fingerprint density at radius 1 is 1.19 bits per heavy atom. The van der Waals surface area contributed by atoms with Crippen molar-refractivity contribution in [2.45, 2.75) is 44.1 Å². The van der Waals surface area contributed by atoms with Crippen LogP contribution in [0.4, 0.5) is 0 Å². The molecule has 2 saturated heterocycles. The molecule has 3 unspecified atom stereocenters. The molecule has 3 rings (SSSR count). The van der Waals surface area contributed by atoms with Crippen LogP contribution in [0.15, 0.2) is 0 Å². The van der Waals surface area contributed by atoms with E-state index in [-0.39, 0.29) is 5.60 Å². The van der Waals surface area contributed by atoms with Crippen LogP contribution >= 0.6 is 0 Å². The molecule has 2 heterocycles. The second-order valence-electron chi connectivity index (χ2n) is 5.63. The summed E-state index contributed by atoms with van der Waals surface area (Å²) in [7, 11) is 0. The maximum absolute atomic E-state index is 11.4. The summed E-state index contributed by atoms with van der Waals surface area (Å²) in [6.45, 7) is 2.47. The van der Waals surface area contributed by atoms with Gasteiger partial charge >= 0.3 is 0 Å². The highest BCUT2D eigenvalue weighted by Crippen LogP contribution is 2.42. The third-order valence-corrected chi connectivity index (χ3v) is 4.55. The molecule has 3 aliphatic rings. The Bertz CT molecular complexity index is 281. The quantitative estimate of drug-likeness (QED) is 0.683. The first-order valence-electron chi connectivity index (χ1n) is 6.51. The first kappa shape index (κ1) is 10.7. The second-order valence-corrected chi connectivity index (χ2v) is 5.63. The molecule has 90 valence electrons. The van der Waals surface area contributed by atoms with Crippen LogP contribution in [0.3, 0.4) is 0 Å². The van der Waals surface area contributed by atoms with Crippen molar-refractivity contribution in [1.82, 2.24) is 0 Å². The summed E-state index contributed by atoms with van der Waals surface area (Å²) in [5.74, 6) is 1.80. The average molecular weight is 224 g/mol. The topological polar surface area (TPSA) is 35.5 Å². The van der Waals surface area contributed by atoms with Gasteiger partial charge in [-0.1, -0.05) is 0 Å². The number of hydrogen-bond donors (Lipinski definition) is 0. The van der Waals surface area contributed by atoms with Crippen LogP contribution in [0.1, 0.15) is 38.5 Å². The Kier molecular flexibility index (Phi) is 2.76. The second kappa shape index (κ2) is 4.11. The largest absolute Gasteiger partial charge is 0.378 e. The number of rotatable bonds is 1. The van der Waals surface area contributed by atoms with Crippen molar-refractivity contribution < 1.29 is 14.3 Å². The smallest absolute Gasteiger partial charge is 0.133 e. The number of ether oxygens (including phenoxy) is 2. The molecule has 1 saturated carbocycles. The van der Waals surface area contributed by atoms with Crippen LogP contribution in [0.25, 0.3) is 0 Å². The predicted molar refractivity (Wildman–Crippen MR) is 59.2 cm³/mol. The van der Waals surface area contributed by atoms with Crippen LogP contribution < -0.4 is 0 Å². The molecule has 0 radical (unpaired) electrons. The number of carbonyl (C=O) groups is 1. The number of hydrogen-bond acceptors (Lipinski definition) is 3. The number of Topliss-reactive ketones (excluding diaryl/α,β-unsaturated/α-hetero) is 1. The SMILES string of the molecule is O=C1CCC(C2CCOC3(CCOC3)C2)C1. The van der Waals surface area contributed by atoms with Crippen LogP contribution in [0, 0.1) is 11.8 Å². The van der Waals surface area contributed by atoms with Gasteiger partial charge in [0.1, 0.15) is 5.78 Å². The summed E-state index contributed by atoms with van der Waals surface area (Å²) in [4.78, 5) is 11.4. The van der Waals surface area contributed by atoms with E-state index in [1.54, 1.807) is 0 Å². The third kappa shape index (κ3) is 1.91. The first-order valence-corrected chi connectivity index (χ1v) is 6.51. The number of carbonyl (C=O) groups excluding carboxylic acids is 1. The van der Waals surface area contributed by atoms with Crippen LogP contribution in [0.2, 0.25) is 0 Å². The van der Waals surface area contributed by atoms with Gasteiger partial charge in [-0.3, -0.25) is 4.79 Å². The van der Waals surface area contributed by atoms with E-state index in [1.807, 2.05) is 0 Å². The Labute approximate surface area is 96.5 Å². The summed E-state index contributed by atoms with van der Waals surface area (Å²) < 4.78 is 11.4. The maximum Gasteiger partial charge on any atom is 0.133 e. The molecule has 16 heavy (non-hydrogen) atoms. The summed E-state index contributed by atoms with van der Waals surface area (Å²) >= 11 is 0. The lowest BCUT2D eigenvalue weighted by Gasteiger charge is -2.39. The average Bonchev–Trinajstić information content (AvgIpc) is 2.89. The van der Waals surface area contributed by atoms with Crippen molar-refractivity contribution in [3.8, 4) is 0 Å². The fourth-order valence-electron chi connectivity index (χ4n) is 3.58. The van der Waals surface area contributed by atoms with Gasteiger partial charge in [-0.2, -0.15) is 0 Å². The molecule has 3 fully saturated rings. The Hall–Kier alpha value is -0.410. The minimum Gasteiger partial charge on any atom is -0.378 e. The zero-order chi connectivity index (χ0) is 11.0. The van der Waals surface area contributed by atoms with Crippen molar-refractivity contribution in [1.29, 1.82) is 0 Å². The maximum atomic E-state index is 11.4. The van der Waals surface area contributed by atoms with Gasteiger partial charge in [0, 0.05) is 32.5 Å². The van der Waals surface area contributed by atoms with Crippen LogP contribution in [-0.4, -0.2) is 31.2 Å². The molecule has 3 nitrogen and oxygen atoms in total. The standard InChI is InChI=1S/C13H20O3/c14-12-2-1-10(7-12)11-3-5-16-13(8-11)4-6-15-9-13/h10-11H,1-9H2. The van der Waals surface area contributed by atoms with Gasteiger partial charge in [0.2, 0.25) is 0 Å². The van der Waals surface area contributed by atoms with Crippen molar-refractivity contribution in [3.05, 3.63) is 0 Å². The normalized spacial score (nSPS) is 44.4. The first-order chi connectivity index (χ1) is 7.77. The molecule has 0 aromatic carbocycles. The van der Waals surface area contributed by atoms with Crippen LogP contribution in [-0.2, 0) is 14.3 Å². The van der Waals surface area contributed by atoms with E-state index < -0.39 is 0 Å². The van der Waals surface area contributed by atoms with Gasteiger partial charge in [0.05, 0.1) is 12.2 Å².